The fourth-order valence-electron chi connectivity index (χ4n) is 11.4. The number of carboxylic acids is 1. The second-order valence-corrected chi connectivity index (χ2v) is 16.1. The summed E-state index contributed by atoms with van der Waals surface area (Å²) >= 11 is 0. The molecular weight excluding hydrogens is 616 g/mol. The summed E-state index contributed by atoms with van der Waals surface area (Å²) in [4.78, 5) is 74.7. The van der Waals surface area contributed by atoms with Crippen molar-refractivity contribution in [2.45, 2.75) is 112 Å². The molecule has 5 aliphatic rings. The lowest BCUT2D eigenvalue weighted by molar-refractivity contribution is -0.166. The molecule has 4 fully saturated rings. The molecule has 0 aromatic heterocycles. The van der Waals surface area contributed by atoms with Gasteiger partial charge in [-0.2, -0.15) is 0 Å². The molecule has 5 rings (SSSR count). The van der Waals surface area contributed by atoms with Crippen molar-refractivity contribution in [1.82, 2.24) is 0 Å². The molecule has 0 radical (unpaired) electrons. The van der Waals surface area contributed by atoms with Crippen molar-refractivity contribution in [3.05, 3.63) is 24.3 Å². The van der Waals surface area contributed by atoms with Gasteiger partial charge in [0.2, 0.25) is 0 Å². The Labute approximate surface area is 283 Å². The predicted octanol–water partition coefficient (Wildman–Crippen LogP) is 5.66. The monoisotopic (exact) mass is 668 g/mol. The van der Waals surface area contributed by atoms with Gasteiger partial charge in [-0.15, -0.1) is 0 Å². The molecule has 0 saturated heterocycles. The van der Waals surface area contributed by atoms with Crippen LogP contribution in [-0.4, -0.2) is 59.4 Å². The van der Waals surface area contributed by atoms with Crippen molar-refractivity contribution in [1.29, 1.82) is 0 Å². The van der Waals surface area contributed by atoms with Crippen LogP contribution in [-0.2, 0) is 43.0 Å². The maximum Gasteiger partial charge on any atom is 0.306 e. The summed E-state index contributed by atoms with van der Waals surface area (Å²) < 4.78 is 17.1. The number of carbonyl (C=O) groups excluding carboxylic acids is 5. The minimum Gasteiger partial charge on any atom is -0.481 e. The molecule has 0 aromatic rings. The number of hydrogen-bond donors (Lipinski definition) is 1. The number of carboxylic acid groups (broad SMARTS) is 1. The van der Waals surface area contributed by atoms with E-state index < -0.39 is 53.7 Å². The number of rotatable bonds is 12. The molecule has 0 aromatic carbocycles. The second kappa shape index (κ2) is 12.5. The number of esters is 3. The molecule has 12 atom stereocenters. The summed E-state index contributed by atoms with van der Waals surface area (Å²) in [5.74, 6) is -3.84. The largest absolute Gasteiger partial charge is 0.481 e. The van der Waals surface area contributed by atoms with E-state index in [9.17, 15) is 28.8 Å². The fourth-order valence-corrected chi connectivity index (χ4v) is 11.4. The first-order chi connectivity index (χ1) is 22.3. The highest BCUT2D eigenvalue weighted by molar-refractivity contribution is 6.00. The smallest absolute Gasteiger partial charge is 0.306 e. The van der Waals surface area contributed by atoms with Crippen LogP contribution in [0.1, 0.15) is 99.8 Å². The Kier molecular flexibility index (Phi) is 9.41. The first-order valence-corrected chi connectivity index (χ1v) is 17.5. The molecule has 2 spiro atoms. The van der Waals surface area contributed by atoms with Crippen LogP contribution < -0.4 is 0 Å². The normalized spacial score (nSPS) is 39.3. The molecule has 0 heterocycles. The van der Waals surface area contributed by atoms with Crippen molar-refractivity contribution in [3.63, 3.8) is 0 Å². The van der Waals surface area contributed by atoms with Crippen LogP contribution in [0, 0.1) is 57.2 Å². The summed E-state index contributed by atoms with van der Waals surface area (Å²) in [6, 6.07) is 0. The van der Waals surface area contributed by atoms with Gasteiger partial charge in [0, 0.05) is 37.5 Å². The van der Waals surface area contributed by atoms with Gasteiger partial charge in [0.25, 0.3) is 0 Å². The minimum atomic E-state index is -1.20. The Morgan fingerprint density at radius 3 is 2.33 bits per heavy atom. The Balaban J connectivity index is 1.43. The van der Waals surface area contributed by atoms with Crippen molar-refractivity contribution >= 4 is 35.4 Å². The molecule has 4 saturated carbocycles. The van der Waals surface area contributed by atoms with Crippen LogP contribution in [0.15, 0.2) is 24.3 Å². The van der Waals surface area contributed by atoms with Gasteiger partial charge in [0.15, 0.2) is 17.7 Å². The molecule has 0 bridgehead atoms. The zero-order valence-electron chi connectivity index (χ0n) is 29.5. The van der Waals surface area contributed by atoms with Gasteiger partial charge in [0.05, 0.1) is 19.4 Å². The average molecular weight is 669 g/mol. The van der Waals surface area contributed by atoms with Gasteiger partial charge < -0.3 is 19.3 Å². The molecule has 0 aliphatic heterocycles. The third-order valence-corrected chi connectivity index (χ3v) is 13.9. The minimum absolute atomic E-state index is 0.0147. The van der Waals surface area contributed by atoms with Gasteiger partial charge in [0.1, 0.15) is 6.10 Å². The molecule has 2 unspecified atom stereocenters. The molecule has 10 nitrogen and oxygen atoms in total. The highest BCUT2D eigenvalue weighted by Gasteiger charge is 2.81. The number of ketones is 2. The first kappa shape index (κ1) is 36.0. The van der Waals surface area contributed by atoms with Gasteiger partial charge in [-0.1, -0.05) is 47.3 Å². The van der Waals surface area contributed by atoms with E-state index in [2.05, 4.69) is 33.4 Å². The van der Waals surface area contributed by atoms with Crippen LogP contribution in [0.3, 0.4) is 0 Å². The number of ether oxygens (including phenoxy) is 3. The van der Waals surface area contributed by atoms with E-state index in [4.69, 9.17) is 19.3 Å². The third-order valence-electron chi connectivity index (χ3n) is 13.9. The van der Waals surface area contributed by atoms with Crippen LogP contribution in [0.25, 0.3) is 0 Å². The van der Waals surface area contributed by atoms with E-state index in [-0.39, 0.29) is 64.3 Å². The van der Waals surface area contributed by atoms with E-state index in [0.717, 1.165) is 32.1 Å². The Morgan fingerprint density at radius 2 is 1.71 bits per heavy atom. The zero-order valence-corrected chi connectivity index (χ0v) is 29.5. The van der Waals surface area contributed by atoms with Crippen LogP contribution in [0.4, 0.5) is 0 Å². The number of aliphatic carboxylic acids is 1. The quantitative estimate of drug-likeness (QED) is 0.157. The van der Waals surface area contributed by atoms with Crippen LogP contribution >= 0.6 is 0 Å². The number of fused-ring (bicyclic) bond motifs is 2. The highest BCUT2D eigenvalue weighted by atomic mass is 16.6. The molecule has 1 N–H and O–H groups in total. The number of hydrogen-bond acceptors (Lipinski definition) is 9. The summed E-state index contributed by atoms with van der Waals surface area (Å²) in [7, 11) is 0. The van der Waals surface area contributed by atoms with Crippen LogP contribution in [0.2, 0.25) is 0 Å². The lowest BCUT2D eigenvalue weighted by atomic mass is 9.43. The Hall–Kier alpha value is -3.30. The fraction of sp³-hybridized carbons (Fsp3) is 0.737. The maximum absolute atomic E-state index is 14.1. The first-order valence-electron chi connectivity index (χ1n) is 17.5. The summed E-state index contributed by atoms with van der Waals surface area (Å²) in [6.45, 7) is 16.7. The molecule has 0 amide bonds. The lowest BCUT2D eigenvalue weighted by Gasteiger charge is -2.61. The van der Waals surface area contributed by atoms with Gasteiger partial charge in [-0.05, 0) is 83.7 Å². The highest BCUT2D eigenvalue weighted by Crippen LogP contribution is 2.87. The maximum atomic E-state index is 14.1. The SMILES string of the molecule is C=C(C(=O)[C@H](OC(C)=O)[C@@H](C)[C@H]1[C@@H](OC(C)=O)C[C@@]2(C)C3CCC4[C@H](C)C(=O)C=C[C@@]45C[C@@]35CC[C@]12C)[C@@H](C)COC(=O)CCC(=O)O. The Bertz CT molecular complexity index is 1450. The molecule has 10 heteroatoms. The van der Waals surface area contributed by atoms with Crippen molar-refractivity contribution in [3.8, 4) is 0 Å². The van der Waals surface area contributed by atoms with Gasteiger partial charge in [-0.3, -0.25) is 28.8 Å². The van der Waals surface area contributed by atoms with E-state index in [0.29, 0.717) is 18.3 Å². The lowest BCUT2D eigenvalue weighted by Crippen LogP contribution is -2.56. The van der Waals surface area contributed by atoms with Crippen molar-refractivity contribution in [2.75, 3.05) is 6.61 Å². The van der Waals surface area contributed by atoms with Gasteiger partial charge >= 0.3 is 23.9 Å². The summed E-state index contributed by atoms with van der Waals surface area (Å²) in [6.07, 6.45) is 7.19. The third kappa shape index (κ3) is 5.55. The number of allylic oxidation sites excluding steroid dienone is 2. The molecule has 5 aliphatic carbocycles. The zero-order chi connectivity index (χ0) is 35.6. The number of Topliss-reactive ketones (excluding diaryl/α,β-unsaturated/α-hetero) is 1. The summed E-state index contributed by atoms with van der Waals surface area (Å²) in [5.41, 5.74) is -0.358. The molecule has 48 heavy (non-hydrogen) atoms. The van der Waals surface area contributed by atoms with Crippen molar-refractivity contribution in [2.24, 2.45) is 57.2 Å². The number of carbonyl (C=O) groups is 6. The Morgan fingerprint density at radius 1 is 1.02 bits per heavy atom. The van der Waals surface area contributed by atoms with Gasteiger partial charge in [-0.25, -0.2) is 0 Å². The summed E-state index contributed by atoms with van der Waals surface area (Å²) in [5, 5.41) is 8.84. The average Bonchev–Trinajstić information content (AvgIpc) is 3.62. The molecular formula is C38H52O10. The predicted molar refractivity (Wildman–Crippen MR) is 174 cm³/mol. The van der Waals surface area contributed by atoms with E-state index in [1.54, 1.807) is 6.92 Å². The van der Waals surface area contributed by atoms with Crippen LogP contribution in [0.5, 0.6) is 0 Å². The standard InChI is InChI=1S/C38H52O10/c1-20(18-46-31(44)12-11-30(42)43)21(2)33(45)34(48-25(6)40)23(4)32-28(47-24(5)39)17-36(8)29-10-9-26-22(3)27(41)13-14-37(26)19-38(29,37)16-15-35(32,36)7/h13-14,20,22-23,26,28-29,32,34H,2,9-12,15-19H2,1,3-8H3,(H,42,43)/t20-,22-,23-,26?,28-,29?,32-,34+,35+,36-,37+,38-/m0/s1. The second-order valence-electron chi connectivity index (χ2n) is 16.1. The topological polar surface area (TPSA) is 150 Å². The van der Waals surface area contributed by atoms with E-state index in [1.165, 1.54) is 13.8 Å². The van der Waals surface area contributed by atoms with Crippen molar-refractivity contribution < 1.29 is 48.1 Å². The van der Waals surface area contributed by atoms with E-state index in [1.807, 2.05) is 13.0 Å². The molecule has 264 valence electrons. The van der Waals surface area contributed by atoms with E-state index >= 15 is 0 Å².